The molecule has 3 rings (SSSR count). The highest BCUT2D eigenvalue weighted by molar-refractivity contribution is 7.99. The van der Waals surface area contributed by atoms with Crippen LogP contribution in [0.15, 0.2) is 40.5 Å². The van der Waals surface area contributed by atoms with Crippen molar-refractivity contribution in [2.24, 2.45) is 5.92 Å². The van der Waals surface area contributed by atoms with E-state index in [9.17, 15) is 5.11 Å². The highest BCUT2D eigenvalue weighted by Crippen LogP contribution is 2.33. The third-order valence-corrected chi connectivity index (χ3v) is 5.30. The molecule has 7 nitrogen and oxygen atoms in total. The molecule has 2 aromatic heterocycles. The molecule has 27 heavy (non-hydrogen) atoms. The number of imidazole rings is 1. The maximum atomic E-state index is 9.65. The molecule has 0 bridgehead atoms. The summed E-state index contributed by atoms with van der Waals surface area (Å²) in [7, 11) is 0. The van der Waals surface area contributed by atoms with Crippen molar-refractivity contribution >= 4 is 34.6 Å². The summed E-state index contributed by atoms with van der Waals surface area (Å²) < 4.78 is 2.02. The van der Waals surface area contributed by atoms with Crippen LogP contribution in [0.25, 0.3) is 11.2 Å². The van der Waals surface area contributed by atoms with Crippen molar-refractivity contribution in [3.8, 4) is 0 Å². The molecule has 0 radical (unpaired) electrons. The van der Waals surface area contributed by atoms with Crippen molar-refractivity contribution in [3.05, 3.63) is 30.6 Å². The number of aliphatic hydroxyl groups is 1. The number of fused-ring (bicyclic) bond motifs is 1. The summed E-state index contributed by atoms with van der Waals surface area (Å²) in [5.41, 5.74) is 8.14. The molecule has 0 saturated heterocycles. The lowest BCUT2D eigenvalue weighted by molar-refractivity contribution is 0.248. The molecule has 0 aliphatic rings. The van der Waals surface area contributed by atoms with Gasteiger partial charge < -0.3 is 20.7 Å². The van der Waals surface area contributed by atoms with Crippen LogP contribution < -0.4 is 11.1 Å². The van der Waals surface area contributed by atoms with Gasteiger partial charge in [-0.1, -0.05) is 31.7 Å². The van der Waals surface area contributed by atoms with E-state index >= 15 is 0 Å². The van der Waals surface area contributed by atoms with Crippen LogP contribution in [-0.4, -0.2) is 37.3 Å². The van der Waals surface area contributed by atoms with Gasteiger partial charge in [0.25, 0.3) is 0 Å². The quantitative estimate of drug-likeness (QED) is 0.421. The van der Waals surface area contributed by atoms with Gasteiger partial charge in [-0.05, 0) is 38.0 Å². The van der Waals surface area contributed by atoms with Gasteiger partial charge in [-0.25, -0.2) is 9.97 Å². The van der Waals surface area contributed by atoms with E-state index < -0.39 is 0 Å². The van der Waals surface area contributed by atoms with Gasteiger partial charge in [0.05, 0.1) is 19.0 Å². The van der Waals surface area contributed by atoms with Gasteiger partial charge >= 0.3 is 0 Å². The number of hydrogen-bond donors (Lipinski definition) is 3. The van der Waals surface area contributed by atoms with E-state index in [4.69, 9.17) is 5.73 Å². The molecule has 8 heteroatoms. The van der Waals surface area contributed by atoms with E-state index in [0.29, 0.717) is 11.6 Å². The van der Waals surface area contributed by atoms with E-state index in [1.54, 1.807) is 6.33 Å². The lowest BCUT2D eigenvalue weighted by Crippen LogP contribution is -2.30. The second-order valence-electron chi connectivity index (χ2n) is 7.12. The summed E-state index contributed by atoms with van der Waals surface area (Å²) in [6.07, 6.45) is 1.79. The standard InChI is InChI=1S/C19H26N6OS/c1-11(2)15(9-26)22-19-23-17-16(21-10-25(17)12(3)4)18(24-19)27-14-7-5-6-13(20)8-14/h5-8,10-12,15,26H,9,20H2,1-4H3,(H,22,23,24)/t15-/m0/s1. The number of aromatic nitrogens is 4. The number of anilines is 2. The van der Waals surface area contributed by atoms with Gasteiger partial charge in [0.1, 0.15) is 10.5 Å². The molecule has 4 N–H and O–H groups in total. The van der Waals surface area contributed by atoms with Crippen molar-refractivity contribution in [2.45, 2.75) is 49.7 Å². The van der Waals surface area contributed by atoms with Crippen molar-refractivity contribution in [3.63, 3.8) is 0 Å². The molecule has 3 aromatic rings. The Bertz CT molecular complexity index is 924. The first-order chi connectivity index (χ1) is 12.9. The number of nitrogens with two attached hydrogens (primary N) is 1. The average molecular weight is 387 g/mol. The SMILES string of the molecule is CC(C)[C@H](CO)Nc1nc(Sc2cccc(N)c2)c2ncn(C(C)C)c2n1. The molecular weight excluding hydrogens is 360 g/mol. The predicted octanol–water partition coefficient (Wildman–Crippen LogP) is 3.57. The van der Waals surface area contributed by atoms with Crippen molar-refractivity contribution < 1.29 is 5.11 Å². The summed E-state index contributed by atoms with van der Waals surface area (Å²) in [4.78, 5) is 14.9. The molecule has 144 valence electrons. The Morgan fingerprint density at radius 3 is 2.63 bits per heavy atom. The normalized spacial score (nSPS) is 12.9. The van der Waals surface area contributed by atoms with Gasteiger partial charge in [0.15, 0.2) is 5.65 Å². The van der Waals surface area contributed by atoms with E-state index in [1.165, 1.54) is 11.8 Å². The molecule has 0 aliphatic heterocycles. The van der Waals surface area contributed by atoms with Crippen LogP contribution in [0.4, 0.5) is 11.6 Å². The fraction of sp³-hybridized carbons (Fsp3) is 0.421. The van der Waals surface area contributed by atoms with Gasteiger partial charge in [-0.3, -0.25) is 0 Å². The zero-order valence-electron chi connectivity index (χ0n) is 16.0. The summed E-state index contributed by atoms with van der Waals surface area (Å²) in [6.45, 7) is 8.29. The molecule has 0 fully saturated rings. The first-order valence-electron chi connectivity index (χ1n) is 9.04. The second kappa shape index (κ2) is 8.14. The number of hydrogen-bond acceptors (Lipinski definition) is 7. The second-order valence-corrected chi connectivity index (χ2v) is 8.18. The van der Waals surface area contributed by atoms with Crippen LogP contribution in [0, 0.1) is 5.92 Å². The van der Waals surface area contributed by atoms with Crippen LogP contribution in [0.1, 0.15) is 33.7 Å². The number of rotatable bonds is 7. The third-order valence-electron chi connectivity index (χ3n) is 4.33. The summed E-state index contributed by atoms with van der Waals surface area (Å²) in [5.74, 6) is 0.735. The average Bonchev–Trinajstić information content (AvgIpc) is 3.04. The molecule has 0 unspecified atom stereocenters. The number of nitrogens with one attached hydrogen (secondary N) is 1. The number of nitrogens with zero attached hydrogens (tertiary/aromatic N) is 4. The van der Waals surface area contributed by atoms with E-state index in [-0.39, 0.29) is 24.6 Å². The van der Waals surface area contributed by atoms with Crippen molar-refractivity contribution in [1.29, 1.82) is 0 Å². The Morgan fingerprint density at radius 1 is 1.22 bits per heavy atom. The Kier molecular flexibility index (Phi) is 5.86. The lowest BCUT2D eigenvalue weighted by Gasteiger charge is -2.20. The highest BCUT2D eigenvalue weighted by Gasteiger charge is 2.19. The number of nitrogen functional groups attached to an aromatic ring is 1. The van der Waals surface area contributed by atoms with E-state index in [2.05, 4.69) is 34.1 Å². The smallest absolute Gasteiger partial charge is 0.226 e. The van der Waals surface area contributed by atoms with Crippen LogP contribution >= 0.6 is 11.8 Å². The lowest BCUT2D eigenvalue weighted by atomic mass is 10.1. The topological polar surface area (TPSA) is 102 Å². The Balaban J connectivity index is 2.07. The van der Waals surface area contributed by atoms with Crippen LogP contribution in [0.3, 0.4) is 0 Å². The molecule has 0 amide bonds. The zero-order valence-corrected chi connectivity index (χ0v) is 16.9. The fourth-order valence-corrected chi connectivity index (χ4v) is 3.62. The number of aliphatic hydroxyl groups excluding tert-OH is 1. The molecule has 0 saturated carbocycles. The molecule has 0 aliphatic carbocycles. The largest absolute Gasteiger partial charge is 0.399 e. The Morgan fingerprint density at radius 2 is 2.00 bits per heavy atom. The highest BCUT2D eigenvalue weighted by atomic mass is 32.2. The minimum absolute atomic E-state index is 0.0141. The van der Waals surface area contributed by atoms with Crippen LogP contribution in [0.2, 0.25) is 0 Å². The van der Waals surface area contributed by atoms with Crippen LogP contribution in [-0.2, 0) is 0 Å². The predicted molar refractivity (Wildman–Crippen MR) is 110 cm³/mol. The third kappa shape index (κ3) is 4.33. The number of benzene rings is 1. The maximum absolute atomic E-state index is 9.65. The Hall–Kier alpha value is -2.32. The van der Waals surface area contributed by atoms with Crippen LogP contribution in [0.5, 0.6) is 0 Å². The first-order valence-corrected chi connectivity index (χ1v) is 9.86. The van der Waals surface area contributed by atoms with E-state index in [0.717, 1.165) is 21.1 Å². The van der Waals surface area contributed by atoms with Gasteiger partial charge in [0.2, 0.25) is 5.95 Å². The first kappa shape index (κ1) is 19.4. The molecule has 1 atom stereocenters. The zero-order chi connectivity index (χ0) is 19.6. The van der Waals surface area contributed by atoms with Gasteiger partial charge in [-0.2, -0.15) is 4.98 Å². The summed E-state index contributed by atoms with van der Waals surface area (Å²) >= 11 is 1.50. The minimum atomic E-state index is -0.122. The molecule has 0 spiro atoms. The Labute approximate surface area is 163 Å². The summed E-state index contributed by atoms with van der Waals surface area (Å²) in [6, 6.07) is 7.78. The molecule has 2 heterocycles. The summed E-state index contributed by atoms with van der Waals surface area (Å²) in [5, 5.41) is 13.7. The van der Waals surface area contributed by atoms with Gasteiger partial charge in [0, 0.05) is 16.6 Å². The van der Waals surface area contributed by atoms with Crippen molar-refractivity contribution in [1.82, 2.24) is 19.5 Å². The van der Waals surface area contributed by atoms with E-state index in [1.807, 2.05) is 42.7 Å². The van der Waals surface area contributed by atoms with Crippen molar-refractivity contribution in [2.75, 3.05) is 17.7 Å². The molecule has 1 aromatic carbocycles. The monoisotopic (exact) mass is 386 g/mol. The minimum Gasteiger partial charge on any atom is -0.399 e. The maximum Gasteiger partial charge on any atom is 0.226 e. The molecular formula is C19H26N6OS. The fourth-order valence-electron chi connectivity index (χ4n) is 2.68. The van der Waals surface area contributed by atoms with Gasteiger partial charge in [-0.15, -0.1) is 0 Å².